The van der Waals surface area contributed by atoms with Gasteiger partial charge in [-0.1, -0.05) is 58.9 Å². The molecule has 11 nitrogen and oxygen atoms in total. The van der Waals surface area contributed by atoms with Gasteiger partial charge in [-0.05, 0) is 62.0 Å². The molecule has 2 aliphatic carbocycles. The number of ether oxygens (including phenoxy) is 1. The zero-order valence-electron chi connectivity index (χ0n) is 26.2. The molecule has 12 heteroatoms. The predicted molar refractivity (Wildman–Crippen MR) is 160 cm³/mol. The molecule has 1 heterocycles. The van der Waals surface area contributed by atoms with Crippen molar-refractivity contribution in [2.24, 2.45) is 28.6 Å². The van der Waals surface area contributed by atoms with Crippen molar-refractivity contribution < 1.29 is 32.3 Å². The highest BCUT2D eigenvalue weighted by Crippen LogP contribution is 2.65. The summed E-state index contributed by atoms with van der Waals surface area (Å²) in [7, 11) is -4.19. The lowest BCUT2D eigenvalue weighted by molar-refractivity contribution is -0.144. The molecule has 1 aromatic rings. The molecule has 4 amide bonds. The number of piperidine rings is 1. The van der Waals surface area contributed by atoms with Gasteiger partial charge in [-0.25, -0.2) is 17.9 Å². The van der Waals surface area contributed by atoms with E-state index in [2.05, 4.69) is 21.9 Å². The highest BCUT2D eigenvalue weighted by Gasteiger charge is 2.71. The molecule has 3 aliphatic rings. The van der Waals surface area contributed by atoms with E-state index >= 15 is 0 Å². The molecule has 4 rings (SSSR count). The summed E-state index contributed by atoms with van der Waals surface area (Å²) in [5, 5.41) is 5.53. The maximum Gasteiger partial charge on any atom is 0.408 e. The van der Waals surface area contributed by atoms with Gasteiger partial charge in [0.2, 0.25) is 11.8 Å². The molecule has 1 aliphatic heterocycles. The number of carbonyl (C=O) groups is 4. The lowest BCUT2D eigenvalue weighted by Gasteiger charge is -2.38. The van der Waals surface area contributed by atoms with Gasteiger partial charge in [0.1, 0.15) is 23.2 Å². The van der Waals surface area contributed by atoms with Crippen molar-refractivity contribution >= 4 is 33.8 Å². The van der Waals surface area contributed by atoms with E-state index in [0.29, 0.717) is 6.54 Å². The SMILES string of the molecule is C=C[C@@H]1C[C@]1(NC(=O)[C@@H]1C2C(CN1C(=O)[C@@H](NC(=O)OC(C)(C)C)C(C)(C)C)C2(C)C)C(=O)NS(=O)(=O)c1ccccc1. The Bertz CT molecular complexity index is 1430. The van der Waals surface area contributed by atoms with Crippen molar-refractivity contribution in [2.75, 3.05) is 6.54 Å². The van der Waals surface area contributed by atoms with Crippen LogP contribution in [0.5, 0.6) is 0 Å². The van der Waals surface area contributed by atoms with Gasteiger partial charge >= 0.3 is 6.09 Å². The van der Waals surface area contributed by atoms with Crippen molar-refractivity contribution in [3.63, 3.8) is 0 Å². The Balaban J connectivity index is 1.58. The first-order valence-corrected chi connectivity index (χ1v) is 16.0. The summed E-state index contributed by atoms with van der Waals surface area (Å²) in [5.41, 5.74) is -3.23. The molecular formula is C31H44N4O7S. The van der Waals surface area contributed by atoms with Gasteiger partial charge in [0.25, 0.3) is 15.9 Å². The molecule has 3 N–H and O–H groups in total. The van der Waals surface area contributed by atoms with Crippen molar-refractivity contribution in [3.8, 4) is 0 Å². The van der Waals surface area contributed by atoms with Crippen molar-refractivity contribution in [3.05, 3.63) is 43.0 Å². The van der Waals surface area contributed by atoms with Gasteiger partial charge in [-0.3, -0.25) is 14.4 Å². The number of benzene rings is 1. The quantitative estimate of drug-likeness (QED) is 0.380. The summed E-state index contributed by atoms with van der Waals surface area (Å²) in [4.78, 5) is 55.7. The standard InChI is InChI=1S/C31H44N4O7S/c1-10-18-16-31(18,26(38)34-43(40,41)19-14-12-11-13-15-19)33-24(36)22-21-20(30(21,8)9)17-35(22)25(37)23(28(2,3)4)32-27(39)42-29(5,6)7/h10-15,18,20-23H,1,16-17H2,2-9H3,(H,32,39)(H,33,36)(H,34,38)/t18-,20?,21?,22+,23-,31-/m1/s1. The van der Waals surface area contributed by atoms with Crippen LogP contribution in [-0.4, -0.2) is 66.9 Å². The fourth-order valence-electron chi connectivity index (χ4n) is 6.25. The molecular weight excluding hydrogens is 572 g/mol. The largest absolute Gasteiger partial charge is 0.444 e. The van der Waals surface area contributed by atoms with E-state index in [1.54, 1.807) is 39.0 Å². The topological polar surface area (TPSA) is 151 Å². The van der Waals surface area contributed by atoms with Crippen LogP contribution in [0.15, 0.2) is 47.9 Å². The van der Waals surface area contributed by atoms with E-state index in [1.807, 2.05) is 34.6 Å². The Morgan fingerprint density at radius 2 is 1.67 bits per heavy atom. The second-order valence-corrected chi connectivity index (χ2v) is 16.3. The number of nitrogens with zero attached hydrogens (tertiary/aromatic N) is 1. The molecule has 1 saturated heterocycles. The van der Waals surface area contributed by atoms with Crippen LogP contribution in [0.4, 0.5) is 4.79 Å². The van der Waals surface area contributed by atoms with E-state index in [0.717, 1.165) is 0 Å². The van der Waals surface area contributed by atoms with Crippen LogP contribution in [0.3, 0.4) is 0 Å². The molecule has 6 atom stereocenters. The Morgan fingerprint density at radius 3 is 2.19 bits per heavy atom. The molecule has 1 aromatic carbocycles. The fourth-order valence-corrected chi connectivity index (χ4v) is 7.31. The minimum Gasteiger partial charge on any atom is -0.444 e. The number of carbonyl (C=O) groups excluding carboxylic acids is 4. The molecule has 0 aromatic heterocycles. The second-order valence-electron chi connectivity index (χ2n) is 14.6. The summed E-state index contributed by atoms with van der Waals surface area (Å²) in [6.07, 6.45) is 0.937. The number of amides is 4. The van der Waals surface area contributed by atoms with Crippen LogP contribution < -0.4 is 15.4 Å². The summed E-state index contributed by atoms with van der Waals surface area (Å²) < 4.78 is 33.4. The summed E-state index contributed by atoms with van der Waals surface area (Å²) >= 11 is 0. The molecule has 2 unspecified atom stereocenters. The normalized spacial score (nSPS) is 28.1. The first-order chi connectivity index (χ1) is 19.7. The second kappa shape index (κ2) is 10.6. The highest BCUT2D eigenvalue weighted by atomic mass is 32.2. The zero-order chi connectivity index (χ0) is 32.3. The minimum absolute atomic E-state index is 0.0481. The van der Waals surface area contributed by atoms with Gasteiger partial charge < -0.3 is 20.3 Å². The molecule has 2 saturated carbocycles. The zero-order valence-corrected chi connectivity index (χ0v) is 27.0. The lowest BCUT2D eigenvalue weighted by atomic mass is 9.85. The number of fused-ring (bicyclic) bond motifs is 1. The van der Waals surface area contributed by atoms with Crippen LogP contribution in [0, 0.1) is 28.6 Å². The molecule has 43 heavy (non-hydrogen) atoms. The number of hydrogen-bond acceptors (Lipinski definition) is 7. The monoisotopic (exact) mass is 616 g/mol. The first kappa shape index (κ1) is 32.5. The third-order valence-electron chi connectivity index (χ3n) is 8.87. The van der Waals surface area contributed by atoms with Crippen LogP contribution in [0.2, 0.25) is 0 Å². The highest BCUT2D eigenvalue weighted by molar-refractivity contribution is 7.90. The fraction of sp³-hybridized carbons (Fsp3) is 0.613. The average molecular weight is 617 g/mol. The Labute approximate surface area is 254 Å². The molecule has 0 spiro atoms. The van der Waals surface area contributed by atoms with Gasteiger partial charge in [0.15, 0.2) is 0 Å². The number of sulfonamides is 1. The number of likely N-dealkylation sites (tertiary alicyclic amines) is 1. The third kappa shape index (κ3) is 6.30. The van der Waals surface area contributed by atoms with Gasteiger partial charge in [0.05, 0.1) is 4.90 Å². The maximum absolute atomic E-state index is 14.1. The first-order valence-electron chi connectivity index (χ1n) is 14.5. The average Bonchev–Trinajstić information content (AvgIpc) is 3.63. The van der Waals surface area contributed by atoms with Crippen LogP contribution in [0.1, 0.15) is 61.8 Å². The number of alkyl carbamates (subject to hydrolysis) is 1. The molecule has 236 valence electrons. The van der Waals surface area contributed by atoms with Gasteiger partial charge in [-0.2, -0.15) is 0 Å². The molecule has 3 fully saturated rings. The van der Waals surface area contributed by atoms with Crippen LogP contribution in [-0.2, 0) is 29.1 Å². The van der Waals surface area contributed by atoms with E-state index in [1.165, 1.54) is 23.1 Å². The van der Waals surface area contributed by atoms with Crippen molar-refractivity contribution in [1.29, 1.82) is 0 Å². The Morgan fingerprint density at radius 1 is 1.07 bits per heavy atom. The van der Waals surface area contributed by atoms with E-state index in [4.69, 9.17) is 4.74 Å². The van der Waals surface area contributed by atoms with Crippen LogP contribution in [0.25, 0.3) is 0 Å². The smallest absolute Gasteiger partial charge is 0.408 e. The molecule has 0 radical (unpaired) electrons. The number of nitrogens with one attached hydrogen (secondary N) is 3. The van der Waals surface area contributed by atoms with Gasteiger partial charge in [0, 0.05) is 12.5 Å². The maximum atomic E-state index is 14.1. The van der Waals surface area contributed by atoms with Crippen molar-refractivity contribution in [1.82, 2.24) is 20.3 Å². The minimum atomic E-state index is -4.19. The predicted octanol–water partition coefficient (Wildman–Crippen LogP) is 2.97. The van der Waals surface area contributed by atoms with E-state index in [9.17, 15) is 27.6 Å². The third-order valence-corrected chi connectivity index (χ3v) is 10.2. The Kier molecular flexibility index (Phi) is 8.04. The van der Waals surface area contributed by atoms with E-state index in [-0.39, 0.29) is 28.6 Å². The Hall–Kier alpha value is -3.41. The number of hydrogen-bond donors (Lipinski definition) is 3. The lowest BCUT2D eigenvalue weighted by Crippen LogP contribution is -2.61. The van der Waals surface area contributed by atoms with E-state index < -0.39 is 68.4 Å². The van der Waals surface area contributed by atoms with Gasteiger partial charge in [-0.15, -0.1) is 6.58 Å². The summed E-state index contributed by atoms with van der Waals surface area (Å²) in [6, 6.07) is 5.57. The molecule has 0 bridgehead atoms. The van der Waals surface area contributed by atoms with Crippen molar-refractivity contribution in [2.45, 2.75) is 89.9 Å². The summed E-state index contributed by atoms with van der Waals surface area (Å²) in [6.45, 7) is 18.7. The van der Waals surface area contributed by atoms with Crippen LogP contribution >= 0.6 is 0 Å². The number of rotatable bonds is 8. The summed E-state index contributed by atoms with van der Waals surface area (Å²) in [5.74, 6) is -2.46.